The Balaban J connectivity index is 1.46. The van der Waals surface area contributed by atoms with Gasteiger partial charge in [-0.1, -0.05) is 72.1 Å². The molecule has 0 saturated heterocycles. The van der Waals surface area contributed by atoms with Crippen molar-refractivity contribution in [1.82, 2.24) is 0 Å². The molecule has 2 aliphatic rings. The third kappa shape index (κ3) is 4.81. The van der Waals surface area contributed by atoms with Gasteiger partial charge in [-0.25, -0.2) is 0 Å². The first-order valence-electron chi connectivity index (χ1n) is 9.58. The summed E-state index contributed by atoms with van der Waals surface area (Å²) in [5.41, 5.74) is 1.83. The van der Waals surface area contributed by atoms with E-state index < -0.39 is 11.9 Å². The van der Waals surface area contributed by atoms with Crippen LogP contribution in [0.15, 0.2) is 93.7 Å². The molecule has 1 atom stereocenters. The molecule has 4 rings (SSSR count). The maximum Gasteiger partial charge on any atom is 0.323 e. The third-order valence-corrected chi connectivity index (χ3v) is 7.08. The molecule has 0 bridgehead atoms. The molecule has 6 nitrogen and oxygen atoms in total. The Morgan fingerprint density at radius 2 is 1.55 bits per heavy atom. The average molecular weight is 453 g/mol. The fourth-order valence-electron chi connectivity index (χ4n) is 3.43. The van der Waals surface area contributed by atoms with E-state index in [9.17, 15) is 19.8 Å². The van der Waals surface area contributed by atoms with Crippen LogP contribution in [0.4, 0.5) is 11.4 Å². The number of carbonyl (C=O) groups is 2. The summed E-state index contributed by atoms with van der Waals surface area (Å²) in [7, 11) is 0. The van der Waals surface area contributed by atoms with Crippen LogP contribution in [0.5, 0.6) is 0 Å². The molecule has 0 aliphatic carbocycles. The van der Waals surface area contributed by atoms with Crippen LogP contribution in [-0.4, -0.2) is 40.6 Å². The van der Waals surface area contributed by atoms with Crippen LogP contribution in [0.25, 0.3) is 0 Å². The number of para-hydroxylation sites is 2. The summed E-state index contributed by atoms with van der Waals surface area (Å²) < 4.78 is 0. The molecule has 2 aromatic carbocycles. The van der Waals surface area contributed by atoms with E-state index in [2.05, 4.69) is 0 Å². The fraction of sp³-hybridized carbons (Fsp3) is 0.130. The van der Waals surface area contributed by atoms with Crippen molar-refractivity contribution >= 4 is 46.8 Å². The maximum atomic E-state index is 11.3. The topological polar surface area (TPSA) is 81.1 Å². The predicted octanol–water partition coefficient (Wildman–Crippen LogP) is 4.66. The predicted molar refractivity (Wildman–Crippen MR) is 125 cm³/mol. The number of carboxylic acids is 2. The zero-order chi connectivity index (χ0) is 21.8. The van der Waals surface area contributed by atoms with E-state index in [4.69, 9.17) is 0 Å². The minimum absolute atomic E-state index is 0.0637. The largest absolute Gasteiger partial charge is 0.480 e. The Labute approximate surface area is 188 Å². The van der Waals surface area contributed by atoms with E-state index >= 15 is 0 Å². The number of hydrogen-bond acceptors (Lipinski definition) is 6. The molecule has 0 aromatic heterocycles. The van der Waals surface area contributed by atoms with E-state index in [1.165, 1.54) is 11.8 Å². The first-order chi connectivity index (χ1) is 15.0. The van der Waals surface area contributed by atoms with E-state index in [0.29, 0.717) is 0 Å². The molecule has 0 saturated carbocycles. The number of benzene rings is 2. The van der Waals surface area contributed by atoms with Crippen LogP contribution in [0.2, 0.25) is 0 Å². The van der Waals surface area contributed by atoms with Crippen LogP contribution in [0, 0.1) is 0 Å². The van der Waals surface area contributed by atoms with Gasteiger partial charge < -0.3 is 20.0 Å². The van der Waals surface area contributed by atoms with Gasteiger partial charge in [0.1, 0.15) is 13.1 Å². The first kappa shape index (κ1) is 21.1. The zero-order valence-electron chi connectivity index (χ0n) is 16.4. The summed E-state index contributed by atoms with van der Waals surface area (Å²) in [5.74, 6) is -1.75. The number of fused-ring (bicyclic) bond motifs is 2. The van der Waals surface area contributed by atoms with Gasteiger partial charge >= 0.3 is 11.9 Å². The summed E-state index contributed by atoms with van der Waals surface area (Å²) in [4.78, 5) is 28.3. The van der Waals surface area contributed by atoms with Crippen molar-refractivity contribution in [1.29, 1.82) is 0 Å². The van der Waals surface area contributed by atoms with Crippen molar-refractivity contribution in [3.63, 3.8) is 0 Å². The quantitative estimate of drug-likeness (QED) is 0.587. The highest BCUT2D eigenvalue weighted by Crippen LogP contribution is 2.45. The number of anilines is 2. The van der Waals surface area contributed by atoms with Gasteiger partial charge in [0.05, 0.1) is 21.8 Å². The lowest BCUT2D eigenvalue weighted by Crippen LogP contribution is -2.33. The Kier molecular flexibility index (Phi) is 6.39. The summed E-state index contributed by atoms with van der Waals surface area (Å²) in [5, 5.41) is 19.3. The number of thioether (sulfide) groups is 2. The van der Waals surface area contributed by atoms with Crippen LogP contribution >= 0.6 is 23.5 Å². The van der Waals surface area contributed by atoms with Crippen molar-refractivity contribution in [2.45, 2.75) is 15.2 Å². The Bertz CT molecular complexity index is 1100. The minimum atomic E-state index is -0.886. The Morgan fingerprint density at radius 1 is 0.871 bits per heavy atom. The lowest BCUT2D eigenvalue weighted by molar-refractivity contribution is -0.136. The second-order valence-corrected chi connectivity index (χ2v) is 9.04. The molecule has 2 aromatic rings. The molecule has 0 amide bonds. The highest BCUT2D eigenvalue weighted by Gasteiger charge is 2.29. The normalized spacial score (nSPS) is 18.8. The molecule has 0 radical (unpaired) electrons. The van der Waals surface area contributed by atoms with Crippen LogP contribution in [0.1, 0.15) is 0 Å². The summed E-state index contributed by atoms with van der Waals surface area (Å²) in [6, 6.07) is 15.5. The number of aliphatic carboxylic acids is 2. The lowest BCUT2D eigenvalue weighted by atomic mass is 10.2. The molecular weight excluding hydrogens is 432 g/mol. The zero-order valence-corrected chi connectivity index (χ0v) is 18.1. The van der Waals surface area contributed by atoms with E-state index in [0.717, 1.165) is 26.2 Å². The Morgan fingerprint density at radius 3 is 2.29 bits per heavy atom. The van der Waals surface area contributed by atoms with Crippen LogP contribution in [0.3, 0.4) is 0 Å². The van der Waals surface area contributed by atoms with Crippen molar-refractivity contribution in [3.8, 4) is 0 Å². The van der Waals surface area contributed by atoms with Gasteiger partial charge in [-0.05, 0) is 30.3 Å². The van der Waals surface area contributed by atoms with Gasteiger partial charge in [0, 0.05) is 9.79 Å². The summed E-state index contributed by atoms with van der Waals surface area (Å²) >= 11 is 3.16. The van der Waals surface area contributed by atoms with Crippen molar-refractivity contribution in [2.24, 2.45) is 0 Å². The van der Waals surface area contributed by atoms with E-state index in [1.807, 2.05) is 83.8 Å². The van der Waals surface area contributed by atoms with Gasteiger partial charge in [0.2, 0.25) is 0 Å². The van der Waals surface area contributed by atoms with Crippen LogP contribution < -0.4 is 9.80 Å². The molecule has 31 heavy (non-hydrogen) atoms. The monoisotopic (exact) mass is 452 g/mol. The molecule has 2 aliphatic heterocycles. The standard InChI is InChI=1S/C23H20N2O4S2/c26-22(27)14-24-16-8-4-6-10-18(16)30-20(24)12-2-1-3-13-21-25(15-23(28)29)17-9-5-7-11-19(17)31-21/h1-13,20H,14-15H2,(H,26,27)(H,28,29)/b3-1+,12-2+,21-13+. The van der Waals surface area contributed by atoms with Gasteiger partial charge in [0.25, 0.3) is 0 Å². The fourth-order valence-corrected chi connectivity index (χ4v) is 5.71. The van der Waals surface area contributed by atoms with Gasteiger partial charge in [-0.3, -0.25) is 9.59 Å². The smallest absolute Gasteiger partial charge is 0.323 e. The molecule has 1 unspecified atom stereocenters. The highest BCUT2D eigenvalue weighted by atomic mass is 32.2. The third-order valence-electron chi connectivity index (χ3n) is 4.70. The van der Waals surface area contributed by atoms with Crippen molar-refractivity contribution in [2.75, 3.05) is 22.9 Å². The maximum absolute atomic E-state index is 11.3. The SMILES string of the molecule is O=C(O)CN1\C(=C/C=C/C=C/C2Sc3ccccc3N2CC(=O)O)Sc2ccccc21. The highest BCUT2D eigenvalue weighted by molar-refractivity contribution is 8.03. The second-order valence-electron chi connectivity index (χ2n) is 6.82. The molecule has 2 heterocycles. The molecule has 0 fully saturated rings. The van der Waals surface area contributed by atoms with E-state index in [1.54, 1.807) is 16.7 Å². The van der Waals surface area contributed by atoms with Gasteiger partial charge in [0.15, 0.2) is 0 Å². The number of allylic oxidation sites excluding steroid dienone is 4. The van der Waals surface area contributed by atoms with Crippen molar-refractivity contribution < 1.29 is 19.8 Å². The lowest BCUT2D eigenvalue weighted by Gasteiger charge is -2.22. The molecule has 8 heteroatoms. The molecular formula is C23H20N2O4S2. The first-order valence-corrected chi connectivity index (χ1v) is 11.3. The molecule has 158 valence electrons. The summed E-state index contributed by atoms with van der Waals surface area (Å²) in [6.07, 6.45) is 9.49. The number of rotatable bonds is 7. The number of carboxylic acid groups (broad SMARTS) is 2. The Hall–Kier alpha value is -3.10. The average Bonchev–Trinajstić information content (AvgIpc) is 3.25. The van der Waals surface area contributed by atoms with Gasteiger partial charge in [-0.2, -0.15) is 0 Å². The number of hydrogen-bond donors (Lipinski definition) is 2. The second kappa shape index (κ2) is 9.36. The molecule has 2 N–H and O–H groups in total. The van der Waals surface area contributed by atoms with Crippen LogP contribution in [-0.2, 0) is 9.59 Å². The van der Waals surface area contributed by atoms with Gasteiger partial charge in [-0.15, -0.1) is 0 Å². The minimum Gasteiger partial charge on any atom is -0.480 e. The van der Waals surface area contributed by atoms with Crippen molar-refractivity contribution in [3.05, 3.63) is 83.9 Å². The van der Waals surface area contributed by atoms with E-state index in [-0.39, 0.29) is 18.5 Å². The summed E-state index contributed by atoms with van der Waals surface area (Å²) in [6.45, 7) is -0.160. The molecule has 0 spiro atoms. The number of nitrogens with zero attached hydrogens (tertiary/aromatic N) is 2.